The molecule has 1 atom stereocenters. The smallest absolute Gasteiger partial charge is 0.354 e. The minimum Gasteiger partial charge on any atom is -0.507 e. The second kappa shape index (κ2) is 10.1. The third kappa shape index (κ3) is 4.37. The lowest BCUT2D eigenvalue weighted by Crippen LogP contribution is -2.31. The summed E-state index contributed by atoms with van der Waals surface area (Å²) in [6, 6.07) is 6.20. The average Bonchev–Trinajstić information content (AvgIpc) is 3.57. The molecule has 0 saturated carbocycles. The van der Waals surface area contributed by atoms with Gasteiger partial charge in [-0.15, -0.1) is 0 Å². The van der Waals surface area contributed by atoms with E-state index in [2.05, 4.69) is 9.97 Å². The third-order valence-corrected chi connectivity index (χ3v) is 6.41. The van der Waals surface area contributed by atoms with Crippen molar-refractivity contribution in [2.75, 3.05) is 20.8 Å². The van der Waals surface area contributed by atoms with Crippen molar-refractivity contribution >= 4 is 23.4 Å². The van der Waals surface area contributed by atoms with Crippen molar-refractivity contribution in [3.05, 3.63) is 76.6 Å². The van der Waals surface area contributed by atoms with Crippen LogP contribution in [0.3, 0.4) is 0 Å². The Labute approximate surface area is 208 Å². The van der Waals surface area contributed by atoms with Crippen LogP contribution in [0.2, 0.25) is 0 Å². The van der Waals surface area contributed by atoms with Gasteiger partial charge in [0.05, 0.1) is 32.2 Å². The van der Waals surface area contributed by atoms with Crippen molar-refractivity contribution < 1.29 is 29.0 Å². The second-order valence-corrected chi connectivity index (χ2v) is 8.54. The summed E-state index contributed by atoms with van der Waals surface area (Å²) >= 11 is 0. The molecule has 1 amide bonds. The van der Waals surface area contributed by atoms with E-state index in [1.165, 1.54) is 12.0 Å². The Kier molecular flexibility index (Phi) is 6.96. The highest BCUT2D eigenvalue weighted by atomic mass is 16.5. The molecule has 10 heteroatoms. The highest BCUT2D eigenvalue weighted by molar-refractivity contribution is 6.46. The monoisotopic (exact) mass is 492 g/mol. The lowest BCUT2D eigenvalue weighted by Gasteiger charge is -2.25. The van der Waals surface area contributed by atoms with E-state index in [1.54, 1.807) is 57.7 Å². The molecule has 3 heterocycles. The minimum absolute atomic E-state index is 0.0330. The predicted molar refractivity (Wildman–Crippen MR) is 130 cm³/mol. The lowest BCUT2D eigenvalue weighted by atomic mass is 9.94. The molecule has 0 bridgehead atoms. The van der Waals surface area contributed by atoms with Crippen LogP contribution in [0.15, 0.2) is 48.6 Å². The molecular formula is C26H28N4O6. The average molecular weight is 493 g/mol. The largest absolute Gasteiger partial charge is 0.507 e. The summed E-state index contributed by atoms with van der Waals surface area (Å²) in [5, 5.41) is 11.4. The van der Waals surface area contributed by atoms with E-state index in [0.29, 0.717) is 41.1 Å². The number of aliphatic hydroxyl groups is 1. The van der Waals surface area contributed by atoms with Crippen LogP contribution < -0.4 is 4.74 Å². The van der Waals surface area contributed by atoms with Crippen LogP contribution in [0, 0.1) is 13.8 Å². The molecule has 188 valence electrons. The van der Waals surface area contributed by atoms with Gasteiger partial charge in [0.15, 0.2) is 0 Å². The van der Waals surface area contributed by atoms with E-state index in [1.807, 2.05) is 10.8 Å². The Morgan fingerprint density at radius 3 is 2.47 bits per heavy atom. The molecule has 2 N–H and O–H groups in total. The van der Waals surface area contributed by atoms with Gasteiger partial charge in [0.25, 0.3) is 11.7 Å². The molecule has 10 nitrogen and oxygen atoms in total. The molecule has 3 aromatic rings. The number of aryl methyl sites for hydroxylation is 2. The number of esters is 1. The minimum atomic E-state index is -0.811. The van der Waals surface area contributed by atoms with Crippen LogP contribution in [-0.4, -0.2) is 63.0 Å². The van der Waals surface area contributed by atoms with Crippen LogP contribution in [0.25, 0.3) is 5.76 Å². The van der Waals surface area contributed by atoms with Crippen LogP contribution in [0.4, 0.5) is 0 Å². The first kappa shape index (κ1) is 24.8. The number of rotatable bonds is 8. The first-order valence-corrected chi connectivity index (χ1v) is 11.4. The van der Waals surface area contributed by atoms with Gasteiger partial charge in [-0.25, -0.2) is 9.78 Å². The number of hydrogen-bond acceptors (Lipinski definition) is 7. The van der Waals surface area contributed by atoms with Gasteiger partial charge in [-0.3, -0.25) is 9.59 Å². The maximum Gasteiger partial charge on any atom is 0.354 e. The number of amides is 1. The molecule has 1 fully saturated rings. The number of nitrogens with zero attached hydrogens (tertiary/aromatic N) is 3. The van der Waals surface area contributed by atoms with E-state index >= 15 is 0 Å². The predicted octanol–water partition coefficient (Wildman–Crippen LogP) is 3.14. The van der Waals surface area contributed by atoms with Crippen molar-refractivity contribution in [2.45, 2.75) is 32.9 Å². The number of carbonyl (C=O) groups is 3. The molecule has 2 aromatic heterocycles. The normalized spacial score (nSPS) is 17.0. The van der Waals surface area contributed by atoms with Gasteiger partial charge in [-0.05, 0) is 43.5 Å². The van der Waals surface area contributed by atoms with Crippen molar-refractivity contribution in [1.82, 2.24) is 19.4 Å². The van der Waals surface area contributed by atoms with Crippen LogP contribution in [-0.2, 0) is 20.9 Å². The highest BCUT2D eigenvalue weighted by Crippen LogP contribution is 2.41. The van der Waals surface area contributed by atoms with Gasteiger partial charge in [-0.1, -0.05) is 12.1 Å². The molecule has 0 spiro atoms. The Hall–Kier alpha value is -4.34. The van der Waals surface area contributed by atoms with Crippen molar-refractivity contribution in [1.29, 1.82) is 0 Å². The number of H-pyrrole nitrogens is 1. The molecule has 4 rings (SSSR count). The van der Waals surface area contributed by atoms with Crippen LogP contribution in [0.5, 0.6) is 5.75 Å². The summed E-state index contributed by atoms with van der Waals surface area (Å²) in [6.07, 6.45) is 5.76. The number of benzene rings is 1. The standard InChI is InChI=1S/C26H28N4O6/c1-15-19(16(2)28-21(15)26(34)36-4)23(31)20-22(17-6-8-18(35-3)9-7-17)30(25(33)24(20)32)12-5-11-29-13-10-27-14-29/h6-10,13-14,22,28,31H,5,11-12H2,1-4H3/t22-/m0/s1. The SMILES string of the molecule is COC(=O)c1[nH]c(C)c(C(O)=C2C(=O)C(=O)N(CCCn3ccnc3)[C@H]2c2ccc(OC)cc2)c1C. The zero-order valence-corrected chi connectivity index (χ0v) is 20.6. The summed E-state index contributed by atoms with van der Waals surface area (Å²) < 4.78 is 12.0. The maximum absolute atomic E-state index is 13.3. The first-order valence-electron chi connectivity index (χ1n) is 11.4. The summed E-state index contributed by atoms with van der Waals surface area (Å²) in [5.41, 5.74) is 1.99. The number of aliphatic hydroxyl groups excluding tert-OH is 1. The number of methoxy groups -OCH3 is 2. The Morgan fingerprint density at radius 1 is 1.14 bits per heavy atom. The van der Waals surface area contributed by atoms with Crippen molar-refractivity contribution in [3.8, 4) is 5.75 Å². The van der Waals surface area contributed by atoms with Crippen molar-refractivity contribution in [2.24, 2.45) is 0 Å². The number of likely N-dealkylation sites (tertiary alicyclic amines) is 1. The number of ketones is 1. The fourth-order valence-electron chi connectivity index (χ4n) is 4.63. The maximum atomic E-state index is 13.3. The first-order chi connectivity index (χ1) is 17.3. The molecule has 1 aliphatic heterocycles. The number of Topliss-reactive ketones (excluding diaryl/α,β-unsaturated/α-hetero) is 1. The molecule has 1 aromatic carbocycles. The zero-order valence-electron chi connectivity index (χ0n) is 20.6. The summed E-state index contributed by atoms with van der Waals surface area (Å²) in [4.78, 5) is 47.1. The summed E-state index contributed by atoms with van der Waals surface area (Å²) in [6.45, 7) is 4.22. The Balaban J connectivity index is 1.80. The van der Waals surface area contributed by atoms with Gasteiger partial charge < -0.3 is 29.0 Å². The van der Waals surface area contributed by atoms with E-state index in [0.717, 1.165) is 0 Å². The molecule has 1 saturated heterocycles. The number of aromatic amines is 1. The number of ether oxygens (including phenoxy) is 2. The van der Waals surface area contributed by atoms with E-state index < -0.39 is 23.7 Å². The quantitative estimate of drug-likeness (QED) is 0.214. The zero-order chi connectivity index (χ0) is 26.0. The summed E-state index contributed by atoms with van der Waals surface area (Å²) in [5.74, 6) is -1.79. The third-order valence-electron chi connectivity index (χ3n) is 6.41. The van der Waals surface area contributed by atoms with Gasteiger partial charge in [0.1, 0.15) is 17.2 Å². The number of carbonyl (C=O) groups excluding carboxylic acids is 3. The molecule has 0 aliphatic carbocycles. The number of hydrogen-bond donors (Lipinski definition) is 2. The number of nitrogens with one attached hydrogen (secondary N) is 1. The molecule has 0 unspecified atom stereocenters. The number of imidazole rings is 1. The van der Waals surface area contributed by atoms with Gasteiger partial charge in [-0.2, -0.15) is 0 Å². The van der Waals surface area contributed by atoms with Crippen molar-refractivity contribution in [3.63, 3.8) is 0 Å². The Bertz CT molecular complexity index is 1320. The highest BCUT2D eigenvalue weighted by Gasteiger charge is 2.46. The second-order valence-electron chi connectivity index (χ2n) is 8.54. The fraction of sp³-hybridized carbons (Fsp3) is 0.308. The molecule has 36 heavy (non-hydrogen) atoms. The molecular weight excluding hydrogens is 464 g/mol. The Morgan fingerprint density at radius 2 is 1.86 bits per heavy atom. The van der Waals surface area contributed by atoms with Crippen LogP contribution in [0.1, 0.15) is 45.3 Å². The van der Waals surface area contributed by atoms with E-state index in [-0.39, 0.29) is 23.6 Å². The lowest BCUT2D eigenvalue weighted by molar-refractivity contribution is -0.139. The van der Waals surface area contributed by atoms with E-state index in [4.69, 9.17) is 9.47 Å². The van der Waals surface area contributed by atoms with Gasteiger partial charge in [0, 0.05) is 36.7 Å². The fourth-order valence-corrected chi connectivity index (χ4v) is 4.63. The van der Waals surface area contributed by atoms with Crippen LogP contribution >= 0.6 is 0 Å². The van der Waals surface area contributed by atoms with E-state index in [9.17, 15) is 19.5 Å². The molecule has 1 aliphatic rings. The summed E-state index contributed by atoms with van der Waals surface area (Å²) in [7, 11) is 2.81. The van der Waals surface area contributed by atoms with Gasteiger partial charge in [0.2, 0.25) is 0 Å². The topological polar surface area (TPSA) is 127 Å². The van der Waals surface area contributed by atoms with Gasteiger partial charge >= 0.3 is 5.97 Å². The molecule has 0 radical (unpaired) electrons. The number of aromatic nitrogens is 3.